The molecule has 1 fully saturated rings. The summed E-state index contributed by atoms with van der Waals surface area (Å²) in [7, 11) is 0. The van der Waals surface area contributed by atoms with Gasteiger partial charge in [0.15, 0.2) is 0 Å². The standard InChI is InChI=1S/C14H20FN/c1-11(16-13-7-3-4-8-13)10-12-6-2-5-9-14(12)15/h2,5-6,9,11,13,16H,3-4,7-8,10H2,1H3. The molecule has 0 saturated heterocycles. The zero-order valence-electron chi connectivity index (χ0n) is 9.88. The molecule has 1 atom stereocenters. The topological polar surface area (TPSA) is 12.0 Å². The van der Waals surface area contributed by atoms with Gasteiger partial charge in [0, 0.05) is 12.1 Å². The van der Waals surface area contributed by atoms with Crippen molar-refractivity contribution < 1.29 is 4.39 Å². The highest BCUT2D eigenvalue weighted by atomic mass is 19.1. The molecule has 0 aromatic heterocycles. The van der Waals surface area contributed by atoms with Gasteiger partial charge >= 0.3 is 0 Å². The quantitative estimate of drug-likeness (QED) is 0.822. The largest absolute Gasteiger partial charge is 0.311 e. The average Bonchev–Trinajstić information content (AvgIpc) is 2.74. The minimum atomic E-state index is -0.0810. The first-order chi connectivity index (χ1) is 7.75. The molecular formula is C14H20FN. The maximum Gasteiger partial charge on any atom is 0.126 e. The minimum Gasteiger partial charge on any atom is -0.311 e. The smallest absolute Gasteiger partial charge is 0.126 e. The highest BCUT2D eigenvalue weighted by molar-refractivity contribution is 5.18. The Morgan fingerprint density at radius 3 is 2.69 bits per heavy atom. The van der Waals surface area contributed by atoms with Crippen molar-refractivity contribution in [3.05, 3.63) is 35.6 Å². The van der Waals surface area contributed by atoms with Gasteiger partial charge in [0.2, 0.25) is 0 Å². The first kappa shape index (κ1) is 11.6. The molecule has 1 aliphatic carbocycles. The lowest BCUT2D eigenvalue weighted by molar-refractivity contribution is 0.443. The van der Waals surface area contributed by atoms with E-state index >= 15 is 0 Å². The van der Waals surface area contributed by atoms with E-state index < -0.39 is 0 Å². The van der Waals surface area contributed by atoms with Crippen molar-refractivity contribution in [1.82, 2.24) is 5.32 Å². The molecule has 1 saturated carbocycles. The summed E-state index contributed by atoms with van der Waals surface area (Å²) in [5.74, 6) is -0.0810. The highest BCUT2D eigenvalue weighted by Gasteiger charge is 2.17. The van der Waals surface area contributed by atoms with Crippen molar-refractivity contribution in [2.45, 2.75) is 51.1 Å². The van der Waals surface area contributed by atoms with Crippen LogP contribution in [0.15, 0.2) is 24.3 Å². The van der Waals surface area contributed by atoms with Crippen LogP contribution in [0.5, 0.6) is 0 Å². The molecule has 88 valence electrons. The van der Waals surface area contributed by atoms with Crippen LogP contribution in [0.25, 0.3) is 0 Å². The van der Waals surface area contributed by atoms with Crippen molar-refractivity contribution in [2.24, 2.45) is 0 Å². The molecule has 0 heterocycles. The molecule has 0 aliphatic heterocycles. The number of benzene rings is 1. The van der Waals surface area contributed by atoms with Crippen molar-refractivity contribution in [2.75, 3.05) is 0 Å². The second-order valence-corrected chi connectivity index (χ2v) is 4.84. The molecule has 1 aliphatic rings. The van der Waals surface area contributed by atoms with E-state index in [-0.39, 0.29) is 5.82 Å². The molecule has 1 N–H and O–H groups in total. The second kappa shape index (κ2) is 5.44. The lowest BCUT2D eigenvalue weighted by Crippen LogP contribution is -2.36. The zero-order valence-corrected chi connectivity index (χ0v) is 9.88. The first-order valence-corrected chi connectivity index (χ1v) is 6.25. The van der Waals surface area contributed by atoms with Gasteiger partial charge in [-0.2, -0.15) is 0 Å². The first-order valence-electron chi connectivity index (χ1n) is 6.25. The summed E-state index contributed by atoms with van der Waals surface area (Å²) in [6, 6.07) is 8.08. The van der Waals surface area contributed by atoms with Crippen molar-refractivity contribution in [3.63, 3.8) is 0 Å². The van der Waals surface area contributed by atoms with Gasteiger partial charge < -0.3 is 5.32 Å². The molecular weight excluding hydrogens is 201 g/mol. The fraction of sp³-hybridized carbons (Fsp3) is 0.571. The summed E-state index contributed by atoms with van der Waals surface area (Å²) >= 11 is 0. The van der Waals surface area contributed by atoms with Crippen LogP contribution in [0.3, 0.4) is 0 Å². The minimum absolute atomic E-state index is 0.0810. The Bertz CT molecular complexity index is 331. The zero-order chi connectivity index (χ0) is 11.4. The summed E-state index contributed by atoms with van der Waals surface area (Å²) < 4.78 is 13.4. The summed E-state index contributed by atoms with van der Waals surface area (Å²) in [6.45, 7) is 2.14. The van der Waals surface area contributed by atoms with Crippen LogP contribution in [0.1, 0.15) is 38.2 Å². The number of rotatable bonds is 4. The van der Waals surface area contributed by atoms with E-state index in [0.717, 1.165) is 12.0 Å². The van der Waals surface area contributed by atoms with E-state index in [9.17, 15) is 4.39 Å². The summed E-state index contributed by atoms with van der Waals surface area (Å²) in [4.78, 5) is 0. The molecule has 0 radical (unpaired) electrons. The lowest BCUT2D eigenvalue weighted by Gasteiger charge is -2.19. The number of halogens is 1. The van der Waals surface area contributed by atoms with E-state index in [0.29, 0.717) is 12.1 Å². The van der Waals surface area contributed by atoms with Gasteiger partial charge in [0.1, 0.15) is 5.82 Å². The fourth-order valence-corrected chi connectivity index (χ4v) is 2.55. The molecule has 0 spiro atoms. The molecule has 0 amide bonds. The van der Waals surface area contributed by atoms with Crippen molar-refractivity contribution in [3.8, 4) is 0 Å². The van der Waals surface area contributed by atoms with Gasteiger partial charge in [-0.05, 0) is 37.8 Å². The van der Waals surface area contributed by atoms with Crippen LogP contribution in [-0.2, 0) is 6.42 Å². The predicted octanol–water partition coefficient (Wildman–Crippen LogP) is 3.29. The Morgan fingerprint density at radius 1 is 1.31 bits per heavy atom. The van der Waals surface area contributed by atoms with Crippen molar-refractivity contribution in [1.29, 1.82) is 0 Å². The molecule has 2 heteroatoms. The molecule has 1 unspecified atom stereocenters. The van der Waals surface area contributed by atoms with Crippen LogP contribution >= 0.6 is 0 Å². The van der Waals surface area contributed by atoms with Crippen LogP contribution in [-0.4, -0.2) is 12.1 Å². The number of hydrogen-bond acceptors (Lipinski definition) is 1. The van der Waals surface area contributed by atoms with E-state index in [2.05, 4.69) is 12.2 Å². The van der Waals surface area contributed by atoms with E-state index in [1.165, 1.54) is 31.7 Å². The Kier molecular flexibility index (Phi) is 3.94. The SMILES string of the molecule is CC(Cc1ccccc1F)NC1CCCC1. The maximum atomic E-state index is 13.4. The van der Waals surface area contributed by atoms with Crippen LogP contribution < -0.4 is 5.32 Å². The van der Waals surface area contributed by atoms with E-state index in [1.807, 2.05) is 12.1 Å². The van der Waals surface area contributed by atoms with Gasteiger partial charge in [0.25, 0.3) is 0 Å². The van der Waals surface area contributed by atoms with E-state index in [4.69, 9.17) is 0 Å². The summed E-state index contributed by atoms with van der Waals surface area (Å²) in [5, 5.41) is 3.59. The molecule has 2 rings (SSSR count). The predicted molar refractivity (Wildman–Crippen MR) is 65.0 cm³/mol. The van der Waals surface area contributed by atoms with Crippen LogP contribution in [0, 0.1) is 5.82 Å². The van der Waals surface area contributed by atoms with Crippen molar-refractivity contribution >= 4 is 0 Å². The van der Waals surface area contributed by atoms with Gasteiger partial charge in [-0.1, -0.05) is 31.0 Å². The Balaban J connectivity index is 1.86. The van der Waals surface area contributed by atoms with Crippen LogP contribution in [0.2, 0.25) is 0 Å². The van der Waals surface area contributed by atoms with Gasteiger partial charge in [-0.15, -0.1) is 0 Å². The normalized spacial score (nSPS) is 18.9. The van der Waals surface area contributed by atoms with Gasteiger partial charge in [0.05, 0.1) is 0 Å². The number of nitrogens with one attached hydrogen (secondary N) is 1. The van der Waals surface area contributed by atoms with Gasteiger partial charge in [-0.3, -0.25) is 0 Å². The highest BCUT2D eigenvalue weighted by Crippen LogP contribution is 2.19. The molecule has 1 aromatic rings. The van der Waals surface area contributed by atoms with Gasteiger partial charge in [-0.25, -0.2) is 4.39 Å². The Hall–Kier alpha value is -0.890. The summed E-state index contributed by atoms with van der Waals surface area (Å²) in [6.07, 6.45) is 6.01. The third-order valence-electron chi connectivity index (χ3n) is 3.36. The summed E-state index contributed by atoms with van der Waals surface area (Å²) in [5.41, 5.74) is 0.820. The number of hydrogen-bond donors (Lipinski definition) is 1. The Morgan fingerprint density at radius 2 is 2.00 bits per heavy atom. The molecule has 1 nitrogen and oxygen atoms in total. The average molecular weight is 221 g/mol. The molecule has 0 bridgehead atoms. The Labute approximate surface area is 97.1 Å². The monoisotopic (exact) mass is 221 g/mol. The maximum absolute atomic E-state index is 13.4. The molecule has 1 aromatic carbocycles. The third-order valence-corrected chi connectivity index (χ3v) is 3.36. The fourth-order valence-electron chi connectivity index (χ4n) is 2.55. The van der Waals surface area contributed by atoms with Crippen LogP contribution in [0.4, 0.5) is 4.39 Å². The second-order valence-electron chi connectivity index (χ2n) is 4.84. The molecule has 16 heavy (non-hydrogen) atoms. The third kappa shape index (κ3) is 3.05. The van der Waals surface area contributed by atoms with E-state index in [1.54, 1.807) is 6.07 Å². The lowest BCUT2D eigenvalue weighted by atomic mass is 10.1.